The summed E-state index contributed by atoms with van der Waals surface area (Å²) < 4.78 is 0. The standard InChI is InChI=1S/C13H20O2S/c1-3-4-5-6-7-12-11(8-9-16-12)10(2)13(14)15/h8-10H,3-7H2,1-2H3,(H,14,15)/t10-/m1/s1. The summed E-state index contributed by atoms with van der Waals surface area (Å²) in [5, 5.41) is 11.0. The van der Waals surface area contributed by atoms with Crippen LogP contribution in [0, 0.1) is 0 Å². The molecule has 1 atom stereocenters. The third kappa shape index (κ3) is 3.63. The van der Waals surface area contributed by atoms with Crippen molar-refractivity contribution in [3.8, 4) is 0 Å². The Morgan fingerprint density at radius 3 is 2.81 bits per heavy atom. The SMILES string of the molecule is CCCCCCc1sccc1[C@@H](C)C(=O)O. The Balaban J connectivity index is 2.53. The molecule has 0 aromatic carbocycles. The summed E-state index contributed by atoms with van der Waals surface area (Å²) in [6.07, 6.45) is 5.96. The van der Waals surface area contributed by atoms with Gasteiger partial charge in [0, 0.05) is 4.88 Å². The van der Waals surface area contributed by atoms with Gasteiger partial charge in [-0.05, 0) is 36.8 Å². The van der Waals surface area contributed by atoms with E-state index >= 15 is 0 Å². The molecule has 0 aliphatic rings. The lowest BCUT2D eigenvalue weighted by Gasteiger charge is -2.07. The first-order chi connectivity index (χ1) is 7.66. The predicted molar refractivity (Wildman–Crippen MR) is 68.2 cm³/mol. The Labute approximate surface area is 101 Å². The molecule has 90 valence electrons. The summed E-state index contributed by atoms with van der Waals surface area (Å²) in [7, 11) is 0. The highest BCUT2D eigenvalue weighted by atomic mass is 32.1. The van der Waals surface area contributed by atoms with E-state index in [4.69, 9.17) is 5.11 Å². The molecule has 1 N–H and O–H groups in total. The molecule has 1 aromatic heterocycles. The van der Waals surface area contributed by atoms with Gasteiger partial charge in [0.1, 0.15) is 0 Å². The quantitative estimate of drug-likeness (QED) is 0.730. The number of rotatable bonds is 7. The molecule has 1 rings (SSSR count). The molecule has 0 amide bonds. The highest BCUT2D eigenvalue weighted by Gasteiger charge is 2.17. The normalized spacial score (nSPS) is 12.6. The van der Waals surface area contributed by atoms with Gasteiger partial charge in [0.05, 0.1) is 5.92 Å². The van der Waals surface area contributed by atoms with Crippen molar-refractivity contribution < 1.29 is 9.90 Å². The molecule has 0 aliphatic heterocycles. The van der Waals surface area contributed by atoms with E-state index in [0.29, 0.717) is 0 Å². The number of thiophene rings is 1. The fourth-order valence-corrected chi connectivity index (χ4v) is 2.81. The van der Waals surface area contributed by atoms with E-state index < -0.39 is 5.97 Å². The largest absolute Gasteiger partial charge is 0.481 e. The minimum atomic E-state index is -0.729. The van der Waals surface area contributed by atoms with Crippen LogP contribution in [0.5, 0.6) is 0 Å². The first-order valence-corrected chi connectivity index (χ1v) is 6.83. The van der Waals surface area contributed by atoms with E-state index in [-0.39, 0.29) is 5.92 Å². The summed E-state index contributed by atoms with van der Waals surface area (Å²) >= 11 is 1.69. The van der Waals surface area contributed by atoms with Gasteiger partial charge < -0.3 is 5.11 Å². The zero-order valence-corrected chi connectivity index (χ0v) is 10.8. The average Bonchev–Trinajstić information content (AvgIpc) is 2.71. The number of carboxylic acids is 1. The van der Waals surface area contributed by atoms with Crippen LogP contribution in [0.3, 0.4) is 0 Å². The van der Waals surface area contributed by atoms with E-state index in [2.05, 4.69) is 6.92 Å². The Hall–Kier alpha value is -0.830. The van der Waals surface area contributed by atoms with Crippen molar-refractivity contribution in [2.24, 2.45) is 0 Å². The lowest BCUT2D eigenvalue weighted by atomic mass is 10.00. The van der Waals surface area contributed by atoms with Crippen LogP contribution in [-0.2, 0) is 11.2 Å². The molecule has 3 heteroatoms. The van der Waals surface area contributed by atoms with Crippen molar-refractivity contribution in [3.05, 3.63) is 21.9 Å². The Morgan fingerprint density at radius 1 is 1.44 bits per heavy atom. The molecule has 0 radical (unpaired) electrons. The summed E-state index contributed by atoms with van der Waals surface area (Å²) in [6, 6.07) is 1.96. The maximum absolute atomic E-state index is 10.9. The lowest BCUT2D eigenvalue weighted by Crippen LogP contribution is -2.08. The monoisotopic (exact) mass is 240 g/mol. The van der Waals surface area contributed by atoms with Gasteiger partial charge in [-0.25, -0.2) is 0 Å². The molecule has 1 aromatic rings. The number of carboxylic acid groups (broad SMARTS) is 1. The molecule has 0 aliphatic carbocycles. The van der Waals surface area contributed by atoms with Gasteiger partial charge in [-0.1, -0.05) is 26.2 Å². The van der Waals surface area contributed by atoms with Gasteiger partial charge in [0.2, 0.25) is 0 Å². The van der Waals surface area contributed by atoms with E-state index in [1.54, 1.807) is 18.3 Å². The van der Waals surface area contributed by atoms with Gasteiger partial charge in [-0.3, -0.25) is 4.79 Å². The Kier molecular flexibility index (Phi) is 5.53. The molecule has 0 unspecified atom stereocenters. The third-order valence-corrected chi connectivity index (χ3v) is 3.87. The zero-order chi connectivity index (χ0) is 12.0. The van der Waals surface area contributed by atoms with Gasteiger partial charge in [-0.2, -0.15) is 0 Å². The van der Waals surface area contributed by atoms with Crippen molar-refractivity contribution in [1.29, 1.82) is 0 Å². The second-order valence-corrected chi connectivity index (χ2v) is 5.17. The van der Waals surface area contributed by atoms with Crippen molar-refractivity contribution >= 4 is 17.3 Å². The Morgan fingerprint density at radius 2 is 2.19 bits per heavy atom. The molecular weight excluding hydrogens is 220 g/mol. The van der Waals surface area contributed by atoms with Crippen LogP contribution >= 0.6 is 11.3 Å². The number of unbranched alkanes of at least 4 members (excludes halogenated alkanes) is 3. The topological polar surface area (TPSA) is 37.3 Å². The van der Waals surface area contributed by atoms with Gasteiger partial charge >= 0.3 is 5.97 Å². The van der Waals surface area contributed by atoms with Gasteiger partial charge in [-0.15, -0.1) is 11.3 Å². The molecule has 2 nitrogen and oxygen atoms in total. The summed E-state index contributed by atoms with van der Waals surface area (Å²) in [5.41, 5.74) is 1.01. The summed E-state index contributed by atoms with van der Waals surface area (Å²) in [6.45, 7) is 3.96. The fourth-order valence-electron chi connectivity index (χ4n) is 1.78. The second kappa shape index (κ2) is 6.69. The van der Waals surface area contributed by atoms with Crippen LogP contribution in [0.4, 0.5) is 0 Å². The van der Waals surface area contributed by atoms with Crippen molar-refractivity contribution in [1.82, 2.24) is 0 Å². The highest BCUT2D eigenvalue weighted by Crippen LogP contribution is 2.26. The molecule has 0 saturated heterocycles. The number of hydrogen-bond donors (Lipinski definition) is 1. The second-order valence-electron chi connectivity index (χ2n) is 4.17. The van der Waals surface area contributed by atoms with E-state index in [0.717, 1.165) is 12.0 Å². The highest BCUT2D eigenvalue weighted by molar-refractivity contribution is 7.10. The first kappa shape index (κ1) is 13.2. The third-order valence-electron chi connectivity index (χ3n) is 2.87. The van der Waals surface area contributed by atoms with Crippen molar-refractivity contribution in [2.45, 2.75) is 51.9 Å². The molecule has 0 bridgehead atoms. The number of hydrogen-bond acceptors (Lipinski definition) is 2. The lowest BCUT2D eigenvalue weighted by molar-refractivity contribution is -0.138. The van der Waals surface area contributed by atoms with E-state index in [9.17, 15) is 4.79 Å². The van der Waals surface area contributed by atoms with Crippen LogP contribution in [-0.4, -0.2) is 11.1 Å². The maximum Gasteiger partial charge on any atom is 0.310 e. The van der Waals surface area contributed by atoms with Gasteiger partial charge in [0.25, 0.3) is 0 Å². The van der Waals surface area contributed by atoms with Gasteiger partial charge in [0.15, 0.2) is 0 Å². The van der Waals surface area contributed by atoms with E-state index in [1.807, 2.05) is 11.4 Å². The minimum Gasteiger partial charge on any atom is -0.481 e. The first-order valence-electron chi connectivity index (χ1n) is 5.95. The van der Waals surface area contributed by atoms with Crippen molar-refractivity contribution in [3.63, 3.8) is 0 Å². The molecular formula is C13H20O2S. The fraction of sp³-hybridized carbons (Fsp3) is 0.615. The maximum atomic E-state index is 10.9. The predicted octanol–water partition coefficient (Wildman–Crippen LogP) is 4.06. The molecule has 0 saturated carbocycles. The summed E-state index contributed by atoms with van der Waals surface area (Å²) in [5.74, 6) is -1.10. The zero-order valence-electron chi connectivity index (χ0n) is 10.0. The number of aliphatic carboxylic acids is 1. The van der Waals surface area contributed by atoms with Crippen LogP contribution in [0.15, 0.2) is 11.4 Å². The Bertz CT molecular complexity index is 330. The number of carbonyl (C=O) groups is 1. The molecule has 0 fully saturated rings. The van der Waals surface area contributed by atoms with Crippen LogP contribution in [0.1, 0.15) is 55.9 Å². The molecule has 0 spiro atoms. The van der Waals surface area contributed by atoms with Crippen LogP contribution < -0.4 is 0 Å². The summed E-state index contributed by atoms with van der Waals surface area (Å²) in [4.78, 5) is 12.2. The minimum absolute atomic E-state index is 0.368. The van der Waals surface area contributed by atoms with Crippen LogP contribution in [0.2, 0.25) is 0 Å². The average molecular weight is 240 g/mol. The van der Waals surface area contributed by atoms with E-state index in [1.165, 1.54) is 30.6 Å². The smallest absolute Gasteiger partial charge is 0.310 e. The molecule has 1 heterocycles. The van der Waals surface area contributed by atoms with Crippen LogP contribution in [0.25, 0.3) is 0 Å². The number of aryl methyl sites for hydroxylation is 1. The van der Waals surface area contributed by atoms with Crippen molar-refractivity contribution in [2.75, 3.05) is 0 Å². The molecule has 16 heavy (non-hydrogen) atoms.